The lowest BCUT2D eigenvalue weighted by molar-refractivity contribution is 0.284. The summed E-state index contributed by atoms with van der Waals surface area (Å²) in [5.41, 5.74) is 1.18. The summed E-state index contributed by atoms with van der Waals surface area (Å²) in [6, 6.07) is 0. The van der Waals surface area contributed by atoms with Crippen molar-refractivity contribution >= 4 is 28.2 Å². The largest absolute Gasteiger partial charge is 0.391 e. The maximum Gasteiger partial charge on any atom is 0.185 e. The molecule has 1 atom stereocenters. The van der Waals surface area contributed by atoms with Crippen LogP contribution in [0.1, 0.15) is 42.7 Å². The van der Waals surface area contributed by atoms with Crippen LogP contribution in [0.15, 0.2) is 0 Å². The van der Waals surface area contributed by atoms with E-state index in [1.165, 1.54) is 30.7 Å². The van der Waals surface area contributed by atoms with Crippen LogP contribution in [0, 0.1) is 0 Å². The molecule has 0 bridgehead atoms. The third kappa shape index (κ3) is 2.53. The first-order valence-corrected chi connectivity index (χ1v) is 8.65. The second kappa shape index (κ2) is 5.39. The predicted octanol–water partition coefficient (Wildman–Crippen LogP) is 2.84. The van der Waals surface area contributed by atoms with Gasteiger partial charge in [0.05, 0.1) is 17.2 Å². The van der Waals surface area contributed by atoms with Gasteiger partial charge in [-0.25, -0.2) is 4.98 Å². The Hall–Kier alpha value is -0.260. The number of thiazole rings is 1. The van der Waals surface area contributed by atoms with Crippen LogP contribution < -0.4 is 4.90 Å². The van der Waals surface area contributed by atoms with Gasteiger partial charge in [-0.3, -0.25) is 0 Å². The van der Waals surface area contributed by atoms with Crippen LogP contribution in [0.4, 0.5) is 5.13 Å². The molecule has 3 nitrogen and oxygen atoms in total. The molecule has 0 radical (unpaired) electrons. The first-order chi connectivity index (χ1) is 8.81. The number of nitrogens with zero attached hydrogens (tertiary/aromatic N) is 2. The lowest BCUT2D eigenvalue weighted by Gasteiger charge is -2.31. The highest BCUT2D eigenvalue weighted by atomic mass is 32.2. The molecule has 2 fully saturated rings. The van der Waals surface area contributed by atoms with Gasteiger partial charge in [-0.1, -0.05) is 18.3 Å². The quantitative estimate of drug-likeness (QED) is 0.922. The molecule has 1 unspecified atom stereocenters. The molecule has 1 N–H and O–H groups in total. The minimum Gasteiger partial charge on any atom is -0.391 e. The maximum atomic E-state index is 9.45. The summed E-state index contributed by atoms with van der Waals surface area (Å²) in [7, 11) is 0. The van der Waals surface area contributed by atoms with E-state index < -0.39 is 0 Å². The minimum absolute atomic E-state index is 0.156. The van der Waals surface area contributed by atoms with Crippen molar-refractivity contribution in [2.45, 2.75) is 44.0 Å². The van der Waals surface area contributed by atoms with Gasteiger partial charge in [0.2, 0.25) is 0 Å². The molecule has 0 amide bonds. The summed E-state index contributed by atoms with van der Waals surface area (Å²) >= 11 is 3.79. The summed E-state index contributed by atoms with van der Waals surface area (Å²) in [6.07, 6.45) is 3.74. The van der Waals surface area contributed by atoms with Crippen LogP contribution in [-0.4, -0.2) is 34.2 Å². The van der Waals surface area contributed by atoms with Gasteiger partial charge in [-0.15, -0.1) is 0 Å². The molecule has 1 aliphatic carbocycles. The highest BCUT2D eigenvalue weighted by Crippen LogP contribution is 2.44. The fraction of sp³-hybridized carbons (Fsp3) is 0.769. The fourth-order valence-corrected chi connectivity index (χ4v) is 4.64. The van der Waals surface area contributed by atoms with E-state index in [1.807, 2.05) is 0 Å². The number of thioether (sulfide) groups is 1. The Balaban J connectivity index is 1.78. The molecule has 0 aromatic carbocycles. The van der Waals surface area contributed by atoms with Gasteiger partial charge in [-0.05, 0) is 19.3 Å². The SMILES string of the molecule is CCC1CN(c2nc(C3CC3)c(CO)s2)CCS1. The van der Waals surface area contributed by atoms with Gasteiger partial charge in [0.25, 0.3) is 0 Å². The molecular formula is C13H20N2OS2. The second-order valence-corrected chi connectivity index (χ2v) is 7.55. The molecule has 2 heterocycles. The minimum atomic E-state index is 0.156. The van der Waals surface area contributed by atoms with Crippen molar-refractivity contribution < 1.29 is 5.11 Å². The van der Waals surface area contributed by atoms with Crippen molar-refractivity contribution in [2.24, 2.45) is 0 Å². The first-order valence-electron chi connectivity index (χ1n) is 6.78. The second-order valence-electron chi connectivity index (χ2n) is 5.08. The predicted molar refractivity (Wildman–Crippen MR) is 78.8 cm³/mol. The van der Waals surface area contributed by atoms with Gasteiger partial charge in [0.15, 0.2) is 5.13 Å². The highest BCUT2D eigenvalue weighted by molar-refractivity contribution is 8.00. The van der Waals surface area contributed by atoms with Gasteiger partial charge < -0.3 is 10.0 Å². The number of hydrogen-bond acceptors (Lipinski definition) is 5. The van der Waals surface area contributed by atoms with Crippen molar-refractivity contribution in [3.8, 4) is 0 Å². The van der Waals surface area contributed by atoms with Gasteiger partial charge in [0.1, 0.15) is 0 Å². The molecule has 1 saturated heterocycles. The summed E-state index contributed by atoms with van der Waals surface area (Å²) in [5, 5.41) is 11.3. The summed E-state index contributed by atoms with van der Waals surface area (Å²) in [4.78, 5) is 8.32. The number of rotatable bonds is 4. The van der Waals surface area contributed by atoms with Crippen LogP contribution in [-0.2, 0) is 6.61 Å². The molecule has 3 rings (SSSR count). The van der Waals surface area contributed by atoms with Gasteiger partial charge in [-0.2, -0.15) is 11.8 Å². The van der Waals surface area contributed by atoms with E-state index in [-0.39, 0.29) is 6.61 Å². The van der Waals surface area contributed by atoms with Crippen LogP contribution in [0.25, 0.3) is 0 Å². The van der Waals surface area contributed by atoms with E-state index in [0.717, 1.165) is 28.3 Å². The normalized spacial score (nSPS) is 24.6. The van der Waals surface area contributed by atoms with Crippen LogP contribution >= 0.6 is 23.1 Å². The zero-order valence-electron chi connectivity index (χ0n) is 10.8. The van der Waals surface area contributed by atoms with Crippen LogP contribution in [0.3, 0.4) is 0 Å². The molecule has 1 aromatic heterocycles. The Labute approximate surface area is 117 Å². The monoisotopic (exact) mass is 284 g/mol. The molecular weight excluding hydrogens is 264 g/mol. The zero-order valence-corrected chi connectivity index (χ0v) is 12.4. The third-order valence-corrected chi connectivity index (χ3v) is 6.18. The average molecular weight is 284 g/mol. The molecule has 1 aromatic rings. The van der Waals surface area contributed by atoms with E-state index in [1.54, 1.807) is 11.3 Å². The molecule has 1 saturated carbocycles. The van der Waals surface area contributed by atoms with E-state index in [4.69, 9.17) is 4.98 Å². The van der Waals surface area contributed by atoms with Gasteiger partial charge in [0, 0.05) is 30.0 Å². The molecule has 2 aliphatic rings. The topological polar surface area (TPSA) is 36.4 Å². The number of aliphatic hydroxyl groups is 1. The Morgan fingerprint density at radius 2 is 2.28 bits per heavy atom. The molecule has 0 spiro atoms. The van der Waals surface area contributed by atoms with Crippen LogP contribution in [0.2, 0.25) is 0 Å². The molecule has 5 heteroatoms. The Kier molecular flexibility index (Phi) is 3.82. The number of anilines is 1. The van der Waals surface area contributed by atoms with E-state index in [0.29, 0.717) is 5.92 Å². The first kappa shape index (κ1) is 12.8. The smallest absolute Gasteiger partial charge is 0.185 e. The highest BCUT2D eigenvalue weighted by Gasteiger charge is 2.31. The summed E-state index contributed by atoms with van der Waals surface area (Å²) in [6.45, 7) is 4.63. The molecule has 18 heavy (non-hydrogen) atoms. The van der Waals surface area contributed by atoms with E-state index >= 15 is 0 Å². The number of aromatic nitrogens is 1. The van der Waals surface area contributed by atoms with E-state index in [9.17, 15) is 5.11 Å². The zero-order chi connectivity index (χ0) is 12.5. The van der Waals surface area contributed by atoms with E-state index in [2.05, 4.69) is 23.6 Å². The van der Waals surface area contributed by atoms with Crippen LogP contribution in [0.5, 0.6) is 0 Å². The number of aliphatic hydroxyl groups excluding tert-OH is 1. The van der Waals surface area contributed by atoms with Crippen molar-refractivity contribution in [3.05, 3.63) is 10.6 Å². The fourth-order valence-electron chi connectivity index (χ4n) is 2.42. The average Bonchev–Trinajstić information content (AvgIpc) is 3.18. The lowest BCUT2D eigenvalue weighted by atomic mass is 10.2. The molecule has 1 aliphatic heterocycles. The maximum absolute atomic E-state index is 9.45. The summed E-state index contributed by atoms with van der Waals surface area (Å²) < 4.78 is 0. The Morgan fingerprint density at radius 3 is 2.94 bits per heavy atom. The van der Waals surface area contributed by atoms with Crippen molar-refractivity contribution in [3.63, 3.8) is 0 Å². The molecule has 100 valence electrons. The Bertz CT molecular complexity index is 417. The van der Waals surface area contributed by atoms with Crippen molar-refractivity contribution in [1.29, 1.82) is 0 Å². The summed E-state index contributed by atoms with van der Waals surface area (Å²) in [5.74, 6) is 1.84. The Morgan fingerprint density at radius 1 is 1.44 bits per heavy atom. The van der Waals surface area contributed by atoms with Gasteiger partial charge >= 0.3 is 0 Å². The third-order valence-electron chi connectivity index (χ3n) is 3.69. The lowest BCUT2D eigenvalue weighted by Crippen LogP contribution is -2.37. The van der Waals surface area contributed by atoms with Crippen molar-refractivity contribution in [2.75, 3.05) is 23.7 Å². The number of hydrogen-bond donors (Lipinski definition) is 1. The van der Waals surface area contributed by atoms with Crippen molar-refractivity contribution in [1.82, 2.24) is 4.98 Å². The standard InChI is InChI=1S/C13H20N2OS2/c1-2-10-7-15(5-6-17-10)13-14-12(9-3-4-9)11(8-16)18-13/h9-10,16H,2-8H2,1H3.